The Hall–Kier alpha value is -1.27. The predicted molar refractivity (Wildman–Crippen MR) is 33.0 cm³/mol. The van der Waals surface area contributed by atoms with Crippen LogP contribution in [0.1, 0.15) is 0 Å². The van der Waals surface area contributed by atoms with Gasteiger partial charge >= 0.3 is 11.8 Å². The Bertz CT molecular complexity index is 244. The number of Topliss-reactive ketones (excluding diaryl/α,β-unsaturated/α-hetero) is 2. The zero-order valence-corrected chi connectivity index (χ0v) is 5.89. The summed E-state index contributed by atoms with van der Waals surface area (Å²) in [5, 5.41) is 17.2. The highest BCUT2D eigenvalue weighted by molar-refractivity contribution is 6.65. The standard InChI is InChI=1S/C6H6O6/c7-1-2(8)5-3(9)4(10)6(11)12-5/h2,5,7-8H,1H2/t2?,5-/m0/s1. The smallest absolute Gasteiger partial charge is 0.383 e. The quantitative estimate of drug-likeness (QED) is 0.351. The molecule has 0 aromatic heterocycles. The van der Waals surface area contributed by atoms with Crippen molar-refractivity contribution >= 4 is 17.5 Å². The van der Waals surface area contributed by atoms with Gasteiger partial charge in [0.1, 0.15) is 6.10 Å². The summed E-state index contributed by atoms with van der Waals surface area (Å²) >= 11 is 0. The lowest BCUT2D eigenvalue weighted by atomic mass is 10.1. The first-order valence-corrected chi connectivity index (χ1v) is 3.16. The van der Waals surface area contributed by atoms with Gasteiger partial charge in [-0.05, 0) is 0 Å². The van der Waals surface area contributed by atoms with Gasteiger partial charge in [-0.25, -0.2) is 4.79 Å². The van der Waals surface area contributed by atoms with Crippen molar-refractivity contribution in [1.29, 1.82) is 0 Å². The Kier molecular flexibility index (Phi) is 2.20. The van der Waals surface area contributed by atoms with Crippen LogP contribution < -0.4 is 0 Å². The van der Waals surface area contributed by atoms with Crippen molar-refractivity contribution in [2.45, 2.75) is 12.2 Å². The molecule has 0 bridgehead atoms. The van der Waals surface area contributed by atoms with Crippen molar-refractivity contribution in [2.24, 2.45) is 0 Å². The first-order chi connectivity index (χ1) is 5.57. The number of aliphatic hydroxyl groups excluding tert-OH is 2. The molecule has 0 aliphatic carbocycles. The topological polar surface area (TPSA) is 101 Å². The third kappa shape index (κ3) is 1.21. The molecule has 1 heterocycles. The third-order valence-corrected chi connectivity index (χ3v) is 1.44. The van der Waals surface area contributed by atoms with E-state index in [0.29, 0.717) is 0 Å². The van der Waals surface area contributed by atoms with E-state index >= 15 is 0 Å². The van der Waals surface area contributed by atoms with Gasteiger partial charge in [-0.15, -0.1) is 0 Å². The molecule has 0 aromatic rings. The molecule has 1 unspecified atom stereocenters. The number of aliphatic hydroxyl groups is 2. The van der Waals surface area contributed by atoms with Crippen molar-refractivity contribution in [3.8, 4) is 0 Å². The van der Waals surface area contributed by atoms with Crippen LogP contribution in [0.25, 0.3) is 0 Å². The number of carbonyl (C=O) groups excluding carboxylic acids is 3. The second-order valence-corrected chi connectivity index (χ2v) is 2.27. The monoisotopic (exact) mass is 174 g/mol. The van der Waals surface area contributed by atoms with Crippen LogP contribution in [-0.4, -0.2) is 46.6 Å². The summed E-state index contributed by atoms with van der Waals surface area (Å²) in [6, 6.07) is 0. The summed E-state index contributed by atoms with van der Waals surface area (Å²) < 4.78 is 4.19. The fourth-order valence-corrected chi connectivity index (χ4v) is 0.801. The van der Waals surface area contributed by atoms with Crippen molar-refractivity contribution in [2.75, 3.05) is 6.61 Å². The molecule has 1 aliphatic heterocycles. The highest BCUT2D eigenvalue weighted by Crippen LogP contribution is 2.10. The second kappa shape index (κ2) is 3.00. The minimum absolute atomic E-state index is 0.739. The summed E-state index contributed by atoms with van der Waals surface area (Å²) in [5.41, 5.74) is 0. The van der Waals surface area contributed by atoms with E-state index in [2.05, 4.69) is 4.74 Å². The maximum atomic E-state index is 10.7. The highest BCUT2D eigenvalue weighted by Gasteiger charge is 2.45. The van der Waals surface area contributed by atoms with Crippen molar-refractivity contribution < 1.29 is 29.3 Å². The average molecular weight is 174 g/mol. The normalized spacial score (nSPS) is 25.8. The molecule has 0 spiro atoms. The van der Waals surface area contributed by atoms with Crippen LogP contribution in [0.3, 0.4) is 0 Å². The van der Waals surface area contributed by atoms with Crippen molar-refractivity contribution in [3.05, 3.63) is 0 Å². The van der Waals surface area contributed by atoms with Crippen LogP contribution in [0.4, 0.5) is 0 Å². The fraction of sp³-hybridized carbons (Fsp3) is 0.500. The maximum Gasteiger partial charge on any atom is 0.383 e. The molecule has 1 saturated heterocycles. The zero-order valence-electron chi connectivity index (χ0n) is 5.89. The van der Waals surface area contributed by atoms with Gasteiger partial charge in [-0.2, -0.15) is 0 Å². The first kappa shape index (κ1) is 8.82. The van der Waals surface area contributed by atoms with E-state index in [1.165, 1.54) is 0 Å². The Morgan fingerprint density at radius 1 is 1.42 bits per heavy atom. The number of hydrogen-bond donors (Lipinski definition) is 2. The molecule has 0 amide bonds. The molecular formula is C6H6O6. The molecule has 6 nitrogen and oxygen atoms in total. The number of cyclic esters (lactones) is 1. The van der Waals surface area contributed by atoms with Gasteiger partial charge in [0.15, 0.2) is 6.10 Å². The number of hydrogen-bond acceptors (Lipinski definition) is 6. The lowest BCUT2D eigenvalue weighted by Crippen LogP contribution is -2.35. The van der Waals surface area contributed by atoms with Crippen LogP contribution in [0.5, 0.6) is 0 Å². The first-order valence-electron chi connectivity index (χ1n) is 3.16. The molecule has 0 aromatic carbocycles. The molecule has 6 heteroatoms. The Morgan fingerprint density at radius 3 is 2.33 bits per heavy atom. The molecule has 2 atom stereocenters. The number of esters is 1. The Balaban J connectivity index is 2.78. The summed E-state index contributed by atoms with van der Waals surface area (Å²) in [6.45, 7) is -0.739. The van der Waals surface area contributed by atoms with Crippen LogP contribution in [0, 0.1) is 0 Å². The summed E-state index contributed by atoms with van der Waals surface area (Å²) in [4.78, 5) is 31.7. The largest absolute Gasteiger partial charge is 0.445 e. The van der Waals surface area contributed by atoms with Gasteiger partial charge in [0, 0.05) is 0 Å². The fourth-order valence-electron chi connectivity index (χ4n) is 0.801. The molecule has 1 fully saturated rings. The van der Waals surface area contributed by atoms with Crippen LogP contribution in [0.15, 0.2) is 0 Å². The minimum Gasteiger partial charge on any atom is -0.445 e. The highest BCUT2D eigenvalue weighted by atomic mass is 16.6. The molecular weight excluding hydrogens is 168 g/mol. The summed E-state index contributed by atoms with van der Waals surface area (Å²) in [7, 11) is 0. The van der Waals surface area contributed by atoms with Gasteiger partial charge < -0.3 is 14.9 Å². The predicted octanol–water partition coefficient (Wildman–Crippen LogP) is -2.60. The van der Waals surface area contributed by atoms with Crippen LogP contribution in [-0.2, 0) is 19.1 Å². The lowest BCUT2D eigenvalue weighted by molar-refractivity contribution is -0.152. The third-order valence-electron chi connectivity index (χ3n) is 1.44. The molecule has 1 rings (SSSR count). The van der Waals surface area contributed by atoms with Crippen molar-refractivity contribution in [3.63, 3.8) is 0 Å². The molecule has 12 heavy (non-hydrogen) atoms. The molecule has 1 aliphatic rings. The van der Waals surface area contributed by atoms with E-state index in [1.807, 2.05) is 0 Å². The number of carbonyl (C=O) groups is 3. The van der Waals surface area contributed by atoms with Gasteiger partial charge in [0.2, 0.25) is 0 Å². The van der Waals surface area contributed by atoms with Gasteiger partial charge in [-0.3, -0.25) is 9.59 Å². The Morgan fingerprint density at radius 2 is 2.00 bits per heavy atom. The van der Waals surface area contributed by atoms with Gasteiger partial charge in [0.05, 0.1) is 6.61 Å². The molecule has 0 saturated carbocycles. The summed E-state index contributed by atoms with van der Waals surface area (Å²) in [6.07, 6.45) is -3.05. The summed E-state index contributed by atoms with van der Waals surface area (Å²) in [5.74, 6) is -3.67. The van der Waals surface area contributed by atoms with E-state index < -0.39 is 36.4 Å². The minimum atomic E-state index is -1.53. The molecule has 66 valence electrons. The molecule has 2 N–H and O–H groups in total. The average Bonchev–Trinajstić information content (AvgIpc) is 2.32. The van der Waals surface area contributed by atoms with Crippen LogP contribution in [0.2, 0.25) is 0 Å². The number of rotatable bonds is 2. The number of ether oxygens (including phenoxy) is 1. The van der Waals surface area contributed by atoms with E-state index in [-0.39, 0.29) is 0 Å². The van der Waals surface area contributed by atoms with E-state index in [4.69, 9.17) is 10.2 Å². The van der Waals surface area contributed by atoms with Crippen molar-refractivity contribution in [1.82, 2.24) is 0 Å². The maximum absolute atomic E-state index is 10.7. The van der Waals surface area contributed by atoms with Gasteiger partial charge in [0.25, 0.3) is 5.78 Å². The second-order valence-electron chi connectivity index (χ2n) is 2.27. The van der Waals surface area contributed by atoms with E-state index in [1.54, 1.807) is 0 Å². The van der Waals surface area contributed by atoms with E-state index in [9.17, 15) is 14.4 Å². The van der Waals surface area contributed by atoms with Gasteiger partial charge in [-0.1, -0.05) is 0 Å². The number of ketones is 2. The Labute approximate surface area is 66.7 Å². The molecule has 0 radical (unpaired) electrons. The van der Waals surface area contributed by atoms with E-state index in [0.717, 1.165) is 0 Å². The SMILES string of the molecule is O=C1O[C@@H](C(O)CO)C(=O)C1=O. The lowest BCUT2D eigenvalue weighted by Gasteiger charge is -2.10. The van der Waals surface area contributed by atoms with Crippen LogP contribution >= 0.6 is 0 Å². The zero-order chi connectivity index (χ0) is 9.30.